The lowest BCUT2D eigenvalue weighted by Crippen LogP contribution is -2.22. The van der Waals surface area contributed by atoms with Crippen LogP contribution in [0.1, 0.15) is 25.1 Å². The summed E-state index contributed by atoms with van der Waals surface area (Å²) < 4.78 is 18.7. The van der Waals surface area contributed by atoms with E-state index in [1.807, 2.05) is 0 Å². The van der Waals surface area contributed by atoms with Crippen molar-refractivity contribution in [3.8, 4) is 0 Å². The fourth-order valence-electron chi connectivity index (χ4n) is 1.72. The van der Waals surface area contributed by atoms with Crippen LogP contribution < -0.4 is 0 Å². The van der Waals surface area contributed by atoms with Crippen molar-refractivity contribution in [1.29, 1.82) is 0 Å². The summed E-state index contributed by atoms with van der Waals surface area (Å²) in [6.07, 6.45) is 1.74. The van der Waals surface area contributed by atoms with E-state index < -0.39 is 5.60 Å². The Hall–Kier alpha value is -1.68. The summed E-state index contributed by atoms with van der Waals surface area (Å²) in [4.78, 5) is 0. The average molecular weight is 235 g/mol. The zero-order valence-electron chi connectivity index (χ0n) is 9.83. The predicted octanol–water partition coefficient (Wildman–Crippen LogP) is 2.92. The van der Waals surface area contributed by atoms with Gasteiger partial charge in [-0.2, -0.15) is 0 Å². The van der Waals surface area contributed by atoms with Crippen LogP contribution in [0.2, 0.25) is 0 Å². The number of benzene rings is 1. The first-order valence-corrected chi connectivity index (χ1v) is 5.33. The highest BCUT2D eigenvalue weighted by molar-refractivity contribution is 5.82. The third-order valence-corrected chi connectivity index (χ3v) is 2.48. The van der Waals surface area contributed by atoms with Gasteiger partial charge in [-0.3, -0.25) is 0 Å². The van der Waals surface area contributed by atoms with Crippen molar-refractivity contribution in [2.45, 2.75) is 25.9 Å². The molecule has 90 valence electrons. The minimum absolute atomic E-state index is 0.312. The van der Waals surface area contributed by atoms with Gasteiger partial charge in [0, 0.05) is 17.4 Å². The van der Waals surface area contributed by atoms with Crippen LogP contribution in [0.25, 0.3) is 17.0 Å². The van der Waals surface area contributed by atoms with E-state index in [0.717, 1.165) is 0 Å². The quantitative estimate of drug-likeness (QED) is 0.889. The van der Waals surface area contributed by atoms with Gasteiger partial charge in [0.25, 0.3) is 0 Å². The average Bonchev–Trinajstić information content (AvgIpc) is 2.57. The molecule has 0 saturated heterocycles. The normalized spacial score (nSPS) is 12.0. The van der Waals surface area contributed by atoms with Gasteiger partial charge in [0.1, 0.15) is 5.82 Å². The van der Waals surface area contributed by atoms with Gasteiger partial charge in [-0.25, -0.2) is 4.39 Å². The SMILES string of the molecule is C=Cc1cc2onc(CC(C)(C)O)c2cc1F. The Morgan fingerprint density at radius 3 is 2.82 bits per heavy atom. The summed E-state index contributed by atoms with van der Waals surface area (Å²) >= 11 is 0. The fourth-order valence-corrected chi connectivity index (χ4v) is 1.72. The maximum atomic E-state index is 13.6. The van der Waals surface area contributed by atoms with Gasteiger partial charge in [-0.15, -0.1) is 0 Å². The molecule has 1 aromatic heterocycles. The van der Waals surface area contributed by atoms with Gasteiger partial charge in [0.15, 0.2) is 5.58 Å². The summed E-state index contributed by atoms with van der Waals surface area (Å²) in [5, 5.41) is 14.2. The van der Waals surface area contributed by atoms with E-state index in [2.05, 4.69) is 11.7 Å². The minimum Gasteiger partial charge on any atom is -0.390 e. The second-order valence-electron chi connectivity index (χ2n) is 4.69. The van der Waals surface area contributed by atoms with Gasteiger partial charge in [0.2, 0.25) is 0 Å². The van der Waals surface area contributed by atoms with Crippen LogP contribution in [0.4, 0.5) is 4.39 Å². The molecule has 2 rings (SSSR count). The van der Waals surface area contributed by atoms with Crippen LogP contribution in [-0.2, 0) is 6.42 Å². The molecule has 1 aromatic carbocycles. The summed E-state index contributed by atoms with van der Waals surface area (Å²) in [5.74, 6) is -0.368. The molecule has 0 aliphatic carbocycles. The molecule has 0 saturated carbocycles. The third-order valence-electron chi connectivity index (χ3n) is 2.48. The molecular formula is C13H14FNO2. The molecule has 0 aliphatic rings. The van der Waals surface area contributed by atoms with Crippen molar-refractivity contribution in [3.63, 3.8) is 0 Å². The molecule has 2 aromatic rings. The highest BCUT2D eigenvalue weighted by Gasteiger charge is 2.19. The van der Waals surface area contributed by atoms with Crippen molar-refractivity contribution >= 4 is 17.0 Å². The minimum atomic E-state index is -0.905. The van der Waals surface area contributed by atoms with Crippen LogP contribution in [0.3, 0.4) is 0 Å². The zero-order valence-corrected chi connectivity index (χ0v) is 9.83. The Labute approximate surface area is 98.5 Å². The molecule has 1 heterocycles. The van der Waals surface area contributed by atoms with Crippen molar-refractivity contribution in [1.82, 2.24) is 5.16 Å². The number of nitrogens with zero attached hydrogens (tertiary/aromatic N) is 1. The monoisotopic (exact) mass is 235 g/mol. The number of hydrogen-bond acceptors (Lipinski definition) is 3. The maximum absolute atomic E-state index is 13.6. The fraction of sp³-hybridized carbons (Fsp3) is 0.308. The molecule has 0 aliphatic heterocycles. The third kappa shape index (κ3) is 2.36. The van der Waals surface area contributed by atoms with E-state index in [9.17, 15) is 9.50 Å². The maximum Gasteiger partial charge on any atom is 0.167 e. The molecule has 0 radical (unpaired) electrons. The van der Waals surface area contributed by atoms with E-state index in [0.29, 0.717) is 28.6 Å². The molecular weight excluding hydrogens is 221 g/mol. The zero-order chi connectivity index (χ0) is 12.6. The second kappa shape index (κ2) is 3.96. The molecule has 0 unspecified atom stereocenters. The van der Waals surface area contributed by atoms with Crippen LogP contribution in [-0.4, -0.2) is 15.9 Å². The van der Waals surface area contributed by atoms with Gasteiger partial charge in [0.05, 0.1) is 11.3 Å². The van der Waals surface area contributed by atoms with Crippen molar-refractivity contribution < 1.29 is 14.0 Å². The van der Waals surface area contributed by atoms with Gasteiger partial charge >= 0.3 is 0 Å². The van der Waals surface area contributed by atoms with E-state index in [4.69, 9.17) is 4.52 Å². The molecule has 3 nitrogen and oxygen atoms in total. The standard InChI is InChI=1S/C13H14FNO2/c1-4-8-5-12-9(6-10(8)14)11(15-17-12)7-13(2,3)16/h4-6,16H,1,7H2,2-3H3. The van der Waals surface area contributed by atoms with Crippen molar-refractivity contribution in [3.05, 3.63) is 35.8 Å². The highest BCUT2D eigenvalue weighted by atomic mass is 19.1. The first kappa shape index (κ1) is 11.8. The number of rotatable bonds is 3. The largest absolute Gasteiger partial charge is 0.390 e. The molecule has 0 fully saturated rings. The van der Waals surface area contributed by atoms with Crippen LogP contribution in [0.5, 0.6) is 0 Å². The van der Waals surface area contributed by atoms with Gasteiger partial charge < -0.3 is 9.63 Å². The topological polar surface area (TPSA) is 46.3 Å². The highest BCUT2D eigenvalue weighted by Crippen LogP contribution is 2.25. The van der Waals surface area contributed by atoms with Gasteiger partial charge in [-0.1, -0.05) is 17.8 Å². The summed E-state index contributed by atoms with van der Waals surface area (Å²) in [6.45, 7) is 6.86. The van der Waals surface area contributed by atoms with Crippen LogP contribution in [0, 0.1) is 5.82 Å². The number of hydrogen-bond donors (Lipinski definition) is 1. The Morgan fingerprint density at radius 2 is 2.24 bits per heavy atom. The molecule has 0 atom stereocenters. The molecule has 0 bridgehead atoms. The van der Waals surface area contributed by atoms with E-state index in [1.54, 1.807) is 19.9 Å². The summed E-state index contributed by atoms with van der Waals surface area (Å²) in [6, 6.07) is 2.92. The second-order valence-corrected chi connectivity index (χ2v) is 4.69. The van der Waals surface area contributed by atoms with E-state index >= 15 is 0 Å². The van der Waals surface area contributed by atoms with E-state index in [-0.39, 0.29) is 5.82 Å². The Balaban J connectivity index is 2.54. The Morgan fingerprint density at radius 1 is 1.53 bits per heavy atom. The summed E-state index contributed by atoms with van der Waals surface area (Å²) in [7, 11) is 0. The molecule has 0 spiro atoms. The number of aromatic nitrogens is 1. The number of aliphatic hydroxyl groups is 1. The first-order chi connectivity index (χ1) is 7.90. The Kier molecular flexibility index (Phi) is 2.75. The Bertz CT molecular complexity index is 567. The first-order valence-electron chi connectivity index (χ1n) is 5.33. The predicted molar refractivity (Wildman–Crippen MR) is 64.1 cm³/mol. The van der Waals surface area contributed by atoms with Crippen molar-refractivity contribution in [2.24, 2.45) is 0 Å². The molecule has 4 heteroatoms. The van der Waals surface area contributed by atoms with Crippen LogP contribution >= 0.6 is 0 Å². The smallest absolute Gasteiger partial charge is 0.167 e. The lowest BCUT2D eigenvalue weighted by Gasteiger charge is -2.14. The number of halogens is 1. The lowest BCUT2D eigenvalue weighted by molar-refractivity contribution is 0.0793. The molecule has 0 amide bonds. The van der Waals surface area contributed by atoms with Crippen molar-refractivity contribution in [2.75, 3.05) is 0 Å². The lowest BCUT2D eigenvalue weighted by atomic mass is 10.0. The van der Waals surface area contributed by atoms with Crippen LogP contribution in [0.15, 0.2) is 23.2 Å². The number of fused-ring (bicyclic) bond motifs is 1. The molecule has 17 heavy (non-hydrogen) atoms. The van der Waals surface area contributed by atoms with E-state index in [1.165, 1.54) is 12.1 Å². The summed E-state index contributed by atoms with van der Waals surface area (Å²) in [5.41, 5.74) is 0.531. The van der Waals surface area contributed by atoms with Gasteiger partial charge in [-0.05, 0) is 26.0 Å². The molecule has 1 N–H and O–H groups in total.